The molecule has 2 rings (SSSR count). The van der Waals surface area contributed by atoms with Crippen molar-refractivity contribution >= 4 is 17.7 Å². The predicted octanol–water partition coefficient (Wildman–Crippen LogP) is 2.91. The van der Waals surface area contributed by atoms with Crippen LogP contribution in [0.25, 0.3) is 11.1 Å². The molecule has 0 aliphatic rings. The zero-order valence-corrected chi connectivity index (χ0v) is 13.4. The molecule has 0 aliphatic carbocycles. The molecular formula is C19H19NO4. The number of carboxylic acid groups (broad SMARTS) is 1. The van der Waals surface area contributed by atoms with Gasteiger partial charge in [-0.05, 0) is 17.5 Å². The molecule has 2 aromatic carbocycles. The van der Waals surface area contributed by atoms with Crippen molar-refractivity contribution < 1.29 is 19.5 Å². The van der Waals surface area contributed by atoms with Gasteiger partial charge in [0.1, 0.15) is 6.04 Å². The second-order valence-corrected chi connectivity index (χ2v) is 5.50. The summed E-state index contributed by atoms with van der Waals surface area (Å²) >= 11 is 0. The first-order chi connectivity index (χ1) is 11.5. The molecule has 0 spiro atoms. The molecule has 0 fully saturated rings. The lowest BCUT2D eigenvalue weighted by Crippen LogP contribution is -2.39. The number of hydrogen-bond acceptors (Lipinski definition) is 3. The summed E-state index contributed by atoms with van der Waals surface area (Å²) in [6.07, 6.45) is 0.121. The quantitative estimate of drug-likeness (QED) is 0.767. The number of Topliss-reactive ketones (excluding diaryl/α,β-unsaturated/α-hetero) is 1. The van der Waals surface area contributed by atoms with E-state index in [0.29, 0.717) is 5.56 Å². The number of rotatable bonds is 7. The molecule has 1 atom stereocenters. The van der Waals surface area contributed by atoms with Crippen LogP contribution in [0.2, 0.25) is 0 Å². The second kappa shape index (κ2) is 8.06. The standard InChI is InChI=1S/C19H19NO4/c1-13(21)20-17(19(23)24)11-12-18(22)16-9-7-15(8-10-16)14-5-3-2-4-6-14/h2-10,17H,11-12H2,1H3,(H,20,21)(H,23,24). The Balaban J connectivity index is 2.00. The summed E-state index contributed by atoms with van der Waals surface area (Å²) in [5.41, 5.74) is 2.60. The molecule has 0 heterocycles. The summed E-state index contributed by atoms with van der Waals surface area (Å²) in [5.74, 6) is -1.72. The molecule has 0 aliphatic heterocycles. The average molecular weight is 325 g/mol. The second-order valence-electron chi connectivity index (χ2n) is 5.50. The van der Waals surface area contributed by atoms with Crippen LogP contribution < -0.4 is 5.32 Å². The first-order valence-electron chi connectivity index (χ1n) is 7.66. The van der Waals surface area contributed by atoms with Crippen LogP contribution in [-0.4, -0.2) is 28.8 Å². The Kier molecular flexibility index (Phi) is 5.84. The normalized spacial score (nSPS) is 11.5. The fourth-order valence-electron chi connectivity index (χ4n) is 2.40. The SMILES string of the molecule is CC(=O)NC(CCC(=O)c1ccc(-c2ccccc2)cc1)C(=O)O. The fraction of sp³-hybridized carbons (Fsp3) is 0.211. The van der Waals surface area contributed by atoms with E-state index in [2.05, 4.69) is 5.32 Å². The number of amides is 1. The molecule has 124 valence electrons. The summed E-state index contributed by atoms with van der Waals surface area (Å²) < 4.78 is 0. The van der Waals surface area contributed by atoms with E-state index in [1.807, 2.05) is 42.5 Å². The lowest BCUT2D eigenvalue weighted by molar-refractivity contribution is -0.141. The van der Waals surface area contributed by atoms with Gasteiger partial charge in [0.05, 0.1) is 0 Å². The Bertz CT molecular complexity index is 723. The lowest BCUT2D eigenvalue weighted by atomic mass is 9.99. The minimum absolute atomic E-state index is 0.0575. The first kappa shape index (κ1) is 17.4. The van der Waals surface area contributed by atoms with Crippen LogP contribution in [0, 0.1) is 0 Å². The van der Waals surface area contributed by atoms with Gasteiger partial charge in [0.25, 0.3) is 0 Å². The summed E-state index contributed by atoms with van der Waals surface area (Å²) in [4.78, 5) is 34.2. The van der Waals surface area contributed by atoms with Gasteiger partial charge in [-0.2, -0.15) is 0 Å². The Morgan fingerprint density at radius 1 is 0.958 bits per heavy atom. The molecule has 0 aromatic heterocycles. The van der Waals surface area contributed by atoms with E-state index in [1.165, 1.54) is 6.92 Å². The van der Waals surface area contributed by atoms with E-state index in [4.69, 9.17) is 5.11 Å². The van der Waals surface area contributed by atoms with Crippen LogP contribution in [0.1, 0.15) is 30.1 Å². The molecule has 1 unspecified atom stereocenters. The fourth-order valence-corrected chi connectivity index (χ4v) is 2.40. The molecule has 1 amide bonds. The first-order valence-corrected chi connectivity index (χ1v) is 7.66. The van der Waals surface area contributed by atoms with E-state index in [1.54, 1.807) is 12.1 Å². The maximum absolute atomic E-state index is 12.2. The van der Waals surface area contributed by atoms with Crippen LogP contribution in [0.15, 0.2) is 54.6 Å². The van der Waals surface area contributed by atoms with Crippen molar-refractivity contribution in [3.8, 4) is 11.1 Å². The van der Waals surface area contributed by atoms with Crippen molar-refractivity contribution in [2.45, 2.75) is 25.8 Å². The number of ketones is 1. The highest BCUT2D eigenvalue weighted by atomic mass is 16.4. The third-order valence-electron chi connectivity index (χ3n) is 3.65. The van der Waals surface area contributed by atoms with E-state index in [0.717, 1.165) is 11.1 Å². The minimum Gasteiger partial charge on any atom is -0.480 e. The van der Waals surface area contributed by atoms with Crippen molar-refractivity contribution in [3.05, 3.63) is 60.2 Å². The van der Waals surface area contributed by atoms with Crippen LogP contribution in [0.3, 0.4) is 0 Å². The molecule has 0 radical (unpaired) electrons. The Hall–Kier alpha value is -2.95. The van der Waals surface area contributed by atoms with Crippen LogP contribution >= 0.6 is 0 Å². The zero-order valence-electron chi connectivity index (χ0n) is 13.4. The summed E-state index contributed by atoms with van der Waals surface area (Å²) in [6.45, 7) is 1.25. The van der Waals surface area contributed by atoms with Gasteiger partial charge in [0.2, 0.25) is 5.91 Å². The topological polar surface area (TPSA) is 83.5 Å². The molecule has 0 saturated carbocycles. The Morgan fingerprint density at radius 3 is 2.08 bits per heavy atom. The van der Waals surface area contributed by atoms with E-state index in [-0.39, 0.29) is 18.6 Å². The van der Waals surface area contributed by atoms with Crippen molar-refractivity contribution in [3.63, 3.8) is 0 Å². The number of carbonyl (C=O) groups is 3. The molecule has 2 aromatic rings. The van der Waals surface area contributed by atoms with Gasteiger partial charge in [-0.15, -0.1) is 0 Å². The predicted molar refractivity (Wildman–Crippen MR) is 90.7 cm³/mol. The minimum atomic E-state index is -1.14. The van der Waals surface area contributed by atoms with Crippen molar-refractivity contribution in [2.24, 2.45) is 0 Å². The maximum Gasteiger partial charge on any atom is 0.326 e. The number of benzene rings is 2. The van der Waals surface area contributed by atoms with E-state index >= 15 is 0 Å². The van der Waals surface area contributed by atoms with Gasteiger partial charge in [-0.3, -0.25) is 9.59 Å². The lowest BCUT2D eigenvalue weighted by Gasteiger charge is -2.12. The maximum atomic E-state index is 12.2. The highest BCUT2D eigenvalue weighted by Gasteiger charge is 2.19. The number of aliphatic carboxylic acids is 1. The van der Waals surface area contributed by atoms with Crippen LogP contribution in [0.5, 0.6) is 0 Å². The van der Waals surface area contributed by atoms with Crippen LogP contribution in [0.4, 0.5) is 0 Å². The van der Waals surface area contributed by atoms with Gasteiger partial charge < -0.3 is 10.4 Å². The summed E-state index contributed by atoms with van der Waals surface area (Å²) in [5, 5.41) is 11.4. The number of carboxylic acids is 1. The van der Waals surface area contributed by atoms with E-state index in [9.17, 15) is 14.4 Å². The molecular weight excluding hydrogens is 306 g/mol. The third-order valence-corrected chi connectivity index (χ3v) is 3.65. The molecule has 24 heavy (non-hydrogen) atoms. The van der Waals surface area contributed by atoms with Gasteiger partial charge in [-0.25, -0.2) is 4.79 Å². The number of carbonyl (C=O) groups excluding carboxylic acids is 2. The Labute approximate surface area is 140 Å². The summed E-state index contributed by atoms with van der Waals surface area (Å²) in [6, 6.07) is 16.0. The zero-order chi connectivity index (χ0) is 17.5. The average Bonchev–Trinajstić information content (AvgIpc) is 2.58. The molecule has 0 bridgehead atoms. The third kappa shape index (κ3) is 4.78. The van der Waals surface area contributed by atoms with E-state index < -0.39 is 17.9 Å². The van der Waals surface area contributed by atoms with Gasteiger partial charge >= 0.3 is 5.97 Å². The number of hydrogen-bond donors (Lipinski definition) is 2. The van der Waals surface area contributed by atoms with Gasteiger partial charge in [-0.1, -0.05) is 54.6 Å². The highest BCUT2D eigenvalue weighted by Crippen LogP contribution is 2.20. The van der Waals surface area contributed by atoms with Gasteiger partial charge in [0.15, 0.2) is 5.78 Å². The van der Waals surface area contributed by atoms with Gasteiger partial charge in [0, 0.05) is 18.9 Å². The summed E-state index contributed by atoms with van der Waals surface area (Å²) in [7, 11) is 0. The molecule has 5 heteroatoms. The van der Waals surface area contributed by atoms with Crippen molar-refractivity contribution in [1.82, 2.24) is 5.32 Å². The van der Waals surface area contributed by atoms with Crippen LogP contribution in [-0.2, 0) is 9.59 Å². The Morgan fingerprint density at radius 2 is 1.54 bits per heavy atom. The molecule has 2 N–H and O–H groups in total. The molecule has 0 saturated heterocycles. The highest BCUT2D eigenvalue weighted by molar-refractivity contribution is 5.97. The van der Waals surface area contributed by atoms with Crippen molar-refractivity contribution in [1.29, 1.82) is 0 Å². The monoisotopic (exact) mass is 325 g/mol. The smallest absolute Gasteiger partial charge is 0.326 e. The number of nitrogens with one attached hydrogen (secondary N) is 1. The largest absolute Gasteiger partial charge is 0.480 e. The van der Waals surface area contributed by atoms with Crippen molar-refractivity contribution in [2.75, 3.05) is 0 Å². The molecule has 5 nitrogen and oxygen atoms in total.